The Balaban J connectivity index is 0.000000511. The number of hydrogen-bond donors (Lipinski definition) is 5. The fourth-order valence-electron chi connectivity index (χ4n) is 2.04. The van der Waals surface area contributed by atoms with Gasteiger partial charge in [-0.05, 0) is 18.2 Å². The Labute approximate surface area is 142 Å². The summed E-state index contributed by atoms with van der Waals surface area (Å²) >= 11 is 0. The minimum Gasteiger partial charge on any atom is -0.368 e. The van der Waals surface area contributed by atoms with Gasteiger partial charge in [-0.25, -0.2) is 20.8 Å². The predicted octanol–water partition coefficient (Wildman–Crippen LogP) is 2.28. The quantitative estimate of drug-likeness (QED) is 0.282. The minimum atomic E-state index is -1.25. The van der Waals surface area contributed by atoms with E-state index in [1.54, 1.807) is 6.21 Å². The first-order chi connectivity index (χ1) is 12.1. The van der Waals surface area contributed by atoms with Crippen LogP contribution in [0.5, 0.6) is 0 Å². The molecule has 2 aromatic carbocycles. The van der Waals surface area contributed by atoms with Crippen LogP contribution in [-0.2, 0) is 0 Å². The van der Waals surface area contributed by atoms with Crippen LogP contribution in [0.3, 0.4) is 0 Å². The Bertz CT molecular complexity index is 885. The molecule has 6 N–H and O–H groups in total. The van der Waals surface area contributed by atoms with E-state index in [4.69, 9.17) is 21.1 Å². The maximum atomic E-state index is 8.47. The summed E-state index contributed by atoms with van der Waals surface area (Å²) in [7, 11) is 0. The molecule has 9 heteroatoms. The van der Waals surface area contributed by atoms with Crippen molar-refractivity contribution in [1.29, 1.82) is 0 Å². The second-order valence-electron chi connectivity index (χ2n) is 4.74. The molecule has 3 aromatic rings. The molecule has 0 saturated heterocycles. The Hall–Kier alpha value is -3.88. The van der Waals surface area contributed by atoms with E-state index in [1.807, 2.05) is 60.8 Å². The molecular formula is C16H17N6O3+. The maximum Gasteiger partial charge on any atom is 0.472 e. The van der Waals surface area contributed by atoms with E-state index in [0.29, 0.717) is 0 Å². The number of aliphatic imine (C=N–C) groups is 1. The van der Waals surface area contributed by atoms with Gasteiger partial charge in [0.2, 0.25) is 5.96 Å². The number of nitrogens with two attached hydrogens (primary N) is 1. The van der Waals surface area contributed by atoms with Gasteiger partial charge in [-0.15, -0.1) is 0 Å². The number of para-hydroxylation sites is 2. The predicted molar refractivity (Wildman–Crippen MR) is 94.0 cm³/mol. The van der Waals surface area contributed by atoms with E-state index in [0.717, 1.165) is 22.2 Å². The molecule has 3 rings (SSSR count). The number of hydrogen-bond acceptors (Lipinski definition) is 3. The number of hydrazone groups is 1. The summed E-state index contributed by atoms with van der Waals surface area (Å²) in [6, 6.07) is 17.5. The van der Waals surface area contributed by atoms with Gasteiger partial charge < -0.3 is 10.7 Å². The first-order valence-corrected chi connectivity index (χ1v) is 7.15. The van der Waals surface area contributed by atoms with E-state index in [1.165, 1.54) is 0 Å². The number of aromatic amines is 1. The fourth-order valence-corrected chi connectivity index (χ4v) is 2.04. The SMILES string of the molecule is NC(=Nc1ccccc1)N/N=C/c1c[nH]c2ccccc12.O=[N+](O)O. The number of guanidine groups is 1. The molecule has 0 atom stereocenters. The monoisotopic (exact) mass is 341 g/mol. The van der Waals surface area contributed by atoms with Gasteiger partial charge in [0, 0.05) is 22.7 Å². The Morgan fingerprint density at radius 3 is 2.48 bits per heavy atom. The zero-order valence-corrected chi connectivity index (χ0v) is 13.1. The van der Waals surface area contributed by atoms with Gasteiger partial charge in [0.1, 0.15) is 4.91 Å². The molecule has 0 aliphatic heterocycles. The minimum absolute atomic E-state index is 0.247. The van der Waals surface area contributed by atoms with Gasteiger partial charge in [0.05, 0.1) is 11.9 Å². The van der Waals surface area contributed by atoms with Gasteiger partial charge in [0.15, 0.2) is 0 Å². The summed E-state index contributed by atoms with van der Waals surface area (Å²) in [5, 5.41) is 17.7. The van der Waals surface area contributed by atoms with Crippen LogP contribution in [-0.4, -0.2) is 32.7 Å². The van der Waals surface area contributed by atoms with Crippen LogP contribution in [0.1, 0.15) is 5.56 Å². The van der Waals surface area contributed by atoms with Crippen molar-refractivity contribution in [2.75, 3.05) is 0 Å². The van der Waals surface area contributed by atoms with E-state index in [2.05, 4.69) is 20.5 Å². The summed E-state index contributed by atoms with van der Waals surface area (Å²) in [5.41, 5.74) is 11.3. The molecule has 0 spiro atoms. The number of aromatic nitrogens is 1. The van der Waals surface area contributed by atoms with Crippen LogP contribution in [0.15, 0.2) is 70.9 Å². The number of benzene rings is 2. The van der Waals surface area contributed by atoms with Crippen molar-refractivity contribution >= 4 is 28.8 Å². The first-order valence-electron chi connectivity index (χ1n) is 7.15. The molecule has 0 aliphatic carbocycles. The van der Waals surface area contributed by atoms with Gasteiger partial charge >= 0.3 is 5.09 Å². The van der Waals surface area contributed by atoms with Crippen LogP contribution in [0.25, 0.3) is 10.9 Å². The summed E-state index contributed by atoms with van der Waals surface area (Å²) in [5.74, 6) is 0.247. The zero-order valence-electron chi connectivity index (χ0n) is 13.1. The molecule has 0 radical (unpaired) electrons. The van der Waals surface area contributed by atoms with Crippen LogP contribution < -0.4 is 11.2 Å². The van der Waals surface area contributed by atoms with Crippen molar-refractivity contribution in [3.8, 4) is 0 Å². The average Bonchev–Trinajstić information content (AvgIpc) is 2.99. The molecule has 1 heterocycles. The maximum absolute atomic E-state index is 8.47. The van der Waals surface area contributed by atoms with E-state index in [-0.39, 0.29) is 5.96 Å². The molecule has 0 bridgehead atoms. The smallest absolute Gasteiger partial charge is 0.368 e. The van der Waals surface area contributed by atoms with Crippen LogP contribution in [0.4, 0.5) is 5.69 Å². The van der Waals surface area contributed by atoms with Crippen molar-refractivity contribution < 1.29 is 15.5 Å². The molecule has 0 unspecified atom stereocenters. The van der Waals surface area contributed by atoms with Crippen molar-refractivity contribution in [1.82, 2.24) is 10.4 Å². The Morgan fingerprint density at radius 1 is 1.12 bits per heavy atom. The zero-order chi connectivity index (χ0) is 18.1. The second-order valence-corrected chi connectivity index (χ2v) is 4.74. The third kappa shape index (κ3) is 5.67. The lowest BCUT2D eigenvalue weighted by atomic mass is 10.2. The molecule has 0 amide bonds. The van der Waals surface area contributed by atoms with Gasteiger partial charge in [-0.2, -0.15) is 5.10 Å². The molecule has 0 fully saturated rings. The largest absolute Gasteiger partial charge is 0.472 e. The first kappa shape index (κ1) is 17.5. The summed E-state index contributed by atoms with van der Waals surface area (Å²) in [6.07, 6.45) is 3.62. The van der Waals surface area contributed by atoms with Crippen molar-refractivity contribution in [2.24, 2.45) is 15.8 Å². The van der Waals surface area contributed by atoms with Gasteiger partial charge in [-0.1, -0.05) is 36.4 Å². The molecule has 0 aliphatic rings. The highest BCUT2D eigenvalue weighted by Gasteiger charge is 1.99. The number of fused-ring (bicyclic) bond motifs is 1. The lowest BCUT2D eigenvalue weighted by Crippen LogP contribution is -2.26. The van der Waals surface area contributed by atoms with Crippen molar-refractivity contribution in [3.63, 3.8) is 0 Å². The molecule has 0 saturated carbocycles. The van der Waals surface area contributed by atoms with Gasteiger partial charge in [-0.3, -0.25) is 0 Å². The van der Waals surface area contributed by atoms with Crippen molar-refractivity contribution in [2.45, 2.75) is 0 Å². The summed E-state index contributed by atoms with van der Waals surface area (Å²) < 4.78 is 0. The fraction of sp³-hybridized carbons (Fsp3) is 0. The number of nitrogens with zero attached hydrogens (tertiary/aromatic N) is 3. The number of nitrogens with one attached hydrogen (secondary N) is 2. The van der Waals surface area contributed by atoms with Crippen LogP contribution >= 0.6 is 0 Å². The third-order valence-electron chi connectivity index (χ3n) is 3.01. The number of H-pyrrole nitrogens is 1. The normalized spacial score (nSPS) is 11.1. The molecule has 25 heavy (non-hydrogen) atoms. The molecular weight excluding hydrogens is 324 g/mol. The lowest BCUT2D eigenvalue weighted by Gasteiger charge is -1.98. The lowest BCUT2D eigenvalue weighted by molar-refractivity contribution is -0.969. The Morgan fingerprint density at radius 2 is 1.76 bits per heavy atom. The third-order valence-corrected chi connectivity index (χ3v) is 3.01. The standard InChI is InChI=1S/C16H15N5.H2NO3/c17-16(20-13-6-2-1-3-7-13)21-19-11-12-10-18-15-9-5-4-8-14(12)15;2-1(3)4/h1-11,18H,(H3,17,20,21);(H2,2,3,4)/q;+1/b19-11+;. The highest BCUT2D eigenvalue weighted by molar-refractivity contribution is 5.99. The van der Waals surface area contributed by atoms with Crippen molar-refractivity contribution in [3.05, 3.63) is 71.3 Å². The van der Waals surface area contributed by atoms with Crippen LogP contribution in [0, 0.1) is 4.91 Å². The van der Waals surface area contributed by atoms with E-state index in [9.17, 15) is 0 Å². The highest BCUT2D eigenvalue weighted by Crippen LogP contribution is 2.15. The molecule has 1 aromatic heterocycles. The summed E-state index contributed by atoms with van der Waals surface area (Å²) in [4.78, 5) is 15.9. The highest BCUT2D eigenvalue weighted by atomic mass is 16.9. The number of rotatable bonds is 3. The van der Waals surface area contributed by atoms with E-state index >= 15 is 0 Å². The molecule has 128 valence electrons. The summed E-state index contributed by atoms with van der Waals surface area (Å²) in [6.45, 7) is 0. The Kier molecular flexibility index (Phi) is 6.06. The van der Waals surface area contributed by atoms with E-state index < -0.39 is 5.09 Å². The molecule has 9 nitrogen and oxygen atoms in total. The second kappa shape index (κ2) is 8.67. The van der Waals surface area contributed by atoms with Crippen LogP contribution in [0.2, 0.25) is 0 Å². The topological polar surface area (TPSA) is 139 Å². The van der Waals surface area contributed by atoms with Gasteiger partial charge in [0.25, 0.3) is 0 Å². The average molecular weight is 341 g/mol.